The first-order valence-corrected chi connectivity index (χ1v) is 12.6. The van der Waals surface area contributed by atoms with Crippen molar-refractivity contribution in [2.75, 3.05) is 11.7 Å². The van der Waals surface area contributed by atoms with Crippen LogP contribution in [0.15, 0.2) is 66.9 Å². The number of fused-ring (bicyclic) bond motifs is 1. The van der Waals surface area contributed by atoms with E-state index >= 15 is 0 Å². The summed E-state index contributed by atoms with van der Waals surface area (Å²) in [6.45, 7) is 6.60. The summed E-state index contributed by atoms with van der Waals surface area (Å²) in [5, 5.41) is 4.89. The van der Waals surface area contributed by atoms with Gasteiger partial charge in [-0.1, -0.05) is 23.7 Å². The minimum atomic E-state index is -0.140. The second-order valence-corrected chi connectivity index (χ2v) is 9.95. The van der Waals surface area contributed by atoms with E-state index in [1.807, 2.05) is 54.7 Å². The molecule has 6 rings (SSSR count). The highest BCUT2D eigenvalue weighted by Crippen LogP contribution is 2.46. The van der Waals surface area contributed by atoms with Gasteiger partial charge in [-0.2, -0.15) is 0 Å². The van der Waals surface area contributed by atoms with E-state index in [-0.39, 0.29) is 18.9 Å². The minimum Gasteiger partial charge on any atom is -0.454 e. The van der Waals surface area contributed by atoms with Crippen molar-refractivity contribution >= 4 is 34.6 Å². The third-order valence-electron chi connectivity index (χ3n) is 6.93. The fourth-order valence-corrected chi connectivity index (χ4v) is 5.78. The number of pyridine rings is 1. The van der Waals surface area contributed by atoms with Gasteiger partial charge in [-0.3, -0.25) is 4.98 Å². The Hall–Kier alpha value is -3.55. The molecule has 8 heteroatoms. The van der Waals surface area contributed by atoms with Crippen LogP contribution >= 0.6 is 23.8 Å². The average molecular weight is 517 g/mol. The molecular weight excluding hydrogens is 492 g/mol. The molecule has 0 saturated carbocycles. The highest BCUT2D eigenvalue weighted by atomic mass is 35.5. The maximum atomic E-state index is 6.40. The quantitative estimate of drug-likeness (QED) is 0.319. The van der Waals surface area contributed by atoms with E-state index < -0.39 is 0 Å². The number of rotatable bonds is 4. The van der Waals surface area contributed by atoms with Gasteiger partial charge in [0.2, 0.25) is 6.79 Å². The van der Waals surface area contributed by atoms with E-state index in [4.69, 9.17) is 33.3 Å². The number of hydrogen-bond acceptors (Lipinski definition) is 4. The minimum absolute atomic E-state index is 0.132. The molecule has 0 amide bonds. The fraction of sp³-hybridized carbons (Fsp3) is 0.214. The predicted molar refractivity (Wildman–Crippen MR) is 145 cm³/mol. The van der Waals surface area contributed by atoms with Crippen LogP contribution in [0.5, 0.6) is 11.5 Å². The molecule has 2 aromatic heterocycles. The van der Waals surface area contributed by atoms with Crippen molar-refractivity contribution in [3.05, 3.63) is 100 Å². The molecule has 2 atom stereocenters. The summed E-state index contributed by atoms with van der Waals surface area (Å²) in [6.07, 6.45) is 1.82. The van der Waals surface area contributed by atoms with Gasteiger partial charge in [0.05, 0.1) is 17.8 Å². The summed E-state index contributed by atoms with van der Waals surface area (Å²) in [5.74, 6) is 1.46. The number of aryl methyl sites for hydroxylation is 2. The molecule has 2 aliphatic rings. The molecule has 182 valence electrons. The zero-order valence-electron chi connectivity index (χ0n) is 20.2. The SMILES string of the molecule is Cc1ccc(Cl)cc1-n1c(C)cc([C@@H]2[C@@H](c3ccccn3)NC(=S)N2c2ccc3c(c2)OCO3)c1C. The van der Waals surface area contributed by atoms with Crippen LogP contribution in [0.25, 0.3) is 5.69 Å². The topological polar surface area (TPSA) is 51.6 Å². The van der Waals surface area contributed by atoms with Gasteiger partial charge in [0.15, 0.2) is 16.6 Å². The maximum Gasteiger partial charge on any atom is 0.231 e. The molecule has 6 nitrogen and oxygen atoms in total. The molecule has 0 bridgehead atoms. The van der Waals surface area contributed by atoms with Crippen molar-refractivity contribution < 1.29 is 9.47 Å². The van der Waals surface area contributed by atoms with Gasteiger partial charge in [-0.05, 0) is 86.6 Å². The van der Waals surface area contributed by atoms with Crippen LogP contribution in [-0.2, 0) is 0 Å². The number of thiocarbonyl (C=S) groups is 1. The van der Waals surface area contributed by atoms with E-state index in [1.165, 1.54) is 0 Å². The molecule has 0 aliphatic carbocycles. The fourth-order valence-electron chi connectivity index (χ4n) is 5.27. The van der Waals surface area contributed by atoms with Crippen molar-refractivity contribution in [2.45, 2.75) is 32.9 Å². The van der Waals surface area contributed by atoms with Gasteiger partial charge in [0, 0.05) is 40.0 Å². The number of nitrogens with zero attached hydrogens (tertiary/aromatic N) is 3. The maximum absolute atomic E-state index is 6.40. The molecule has 4 aromatic rings. The molecule has 2 aromatic carbocycles. The van der Waals surface area contributed by atoms with E-state index in [0.29, 0.717) is 10.1 Å². The summed E-state index contributed by atoms with van der Waals surface area (Å²) >= 11 is 12.3. The summed E-state index contributed by atoms with van der Waals surface area (Å²) in [7, 11) is 0. The van der Waals surface area contributed by atoms with Crippen LogP contribution in [0.4, 0.5) is 5.69 Å². The third-order valence-corrected chi connectivity index (χ3v) is 7.48. The Morgan fingerprint density at radius 2 is 1.83 bits per heavy atom. The zero-order chi connectivity index (χ0) is 25.0. The van der Waals surface area contributed by atoms with E-state index in [0.717, 1.165) is 51.1 Å². The highest BCUT2D eigenvalue weighted by Gasteiger charge is 2.42. The Balaban J connectivity index is 1.53. The van der Waals surface area contributed by atoms with Crippen molar-refractivity contribution in [2.24, 2.45) is 0 Å². The van der Waals surface area contributed by atoms with E-state index in [2.05, 4.69) is 52.7 Å². The molecule has 1 N–H and O–H groups in total. The van der Waals surface area contributed by atoms with E-state index in [1.54, 1.807) is 0 Å². The second kappa shape index (κ2) is 8.84. The first-order valence-electron chi connectivity index (χ1n) is 11.8. The standard InChI is InChI=1S/C28H25ClN4O2S/c1-16-7-8-19(29)13-23(16)32-17(2)12-21(18(32)3)27-26(22-6-4-5-11-30-22)31-28(36)33(27)20-9-10-24-25(14-20)35-15-34-24/h4-14,26-27H,15H2,1-3H3,(H,31,36)/t26-,27-/m1/s1. The van der Waals surface area contributed by atoms with Crippen LogP contribution in [0, 0.1) is 20.8 Å². The average Bonchev–Trinajstić information content (AvgIpc) is 3.56. The van der Waals surface area contributed by atoms with Gasteiger partial charge >= 0.3 is 0 Å². The largest absolute Gasteiger partial charge is 0.454 e. The lowest BCUT2D eigenvalue weighted by Gasteiger charge is -2.28. The van der Waals surface area contributed by atoms with Gasteiger partial charge < -0.3 is 24.3 Å². The number of aromatic nitrogens is 2. The molecule has 1 fully saturated rings. The van der Waals surface area contributed by atoms with Crippen LogP contribution in [0.2, 0.25) is 5.02 Å². The number of halogens is 1. The third kappa shape index (κ3) is 3.70. The molecule has 0 radical (unpaired) electrons. The molecule has 0 unspecified atom stereocenters. The summed E-state index contributed by atoms with van der Waals surface area (Å²) < 4.78 is 13.5. The lowest BCUT2D eigenvalue weighted by Crippen LogP contribution is -2.29. The Morgan fingerprint density at radius 1 is 1.00 bits per heavy atom. The molecule has 2 aliphatic heterocycles. The van der Waals surface area contributed by atoms with Gasteiger partial charge in [0.25, 0.3) is 0 Å². The zero-order valence-corrected chi connectivity index (χ0v) is 21.7. The predicted octanol–water partition coefficient (Wildman–Crippen LogP) is 6.36. The second-order valence-electron chi connectivity index (χ2n) is 9.13. The van der Waals surface area contributed by atoms with Crippen LogP contribution in [0.1, 0.15) is 40.3 Å². The summed E-state index contributed by atoms with van der Waals surface area (Å²) in [6, 6.07) is 19.9. The van der Waals surface area contributed by atoms with Crippen molar-refractivity contribution in [3.8, 4) is 17.2 Å². The smallest absolute Gasteiger partial charge is 0.231 e. The lowest BCUT2D eigenvalue weighted by atomic mass is 9.96. The normalized spacial score (nSPS) is 18.6. The highest BCUT2D eigenvalue weighted by molar-refractivity contribution is 7.80. The van der Waals surface area contributed by atoms with Crippen LogP contribution in [-0.4, -0.2) is 21.5 Å². The molecular formula is C28H25ClN4O2S. The first kappa shape index (κ1) is 22.9. The number of anilines is 1. The van der Waals surface area contributed by atoms with Gasteiger partial charge in [0.1, 0.15) is 0 Å². The summed E-state index contributed by atoms with van der Waals surface area (Å²) in [5.41, 5.74) is 7.49. The molecule has 36 heavy (non-hydrogen) atoms. The van der Waals surface area contributed by atoms with E-state index in [9.17, 15) is 0 Å². The van der Waals surface area contributed by atoms with Crippen molar-refractivity contribution in [1.29, 1.82) is 0 Å². The molecule has 4 heterocycles. The first-order chi connectivity index (χ1) is 17.4. The monoisotopic (exact) mass is 516 g/mol. The lowest BCUT2D eigenvalue weighted by molar-refractivity contribution is 0.174. The number of nitrogens with one attached hydrogen (secondary N) is 1. The Morgan fingerprint density at radius 3 is 2.64 bits per heavy atom. The Labute approximate surface area is 220 Å². The van der Waals surface area contributed by atoms with Crippen molar-refractivity contribution in [3.63, 3.8) is 0 Å². The number of ether oxygens (including phenoxy) is 2. The summed E-state index contributed by atoms with van der Waals surface area (Å²) in [4.78, 5) is 6.84. The van der Waals surface area contributed by atoms with Gasteiger partial charge in [-0.25, -0.2) is 0 Å². The Bertz CT molecular complexity index is 1490. The van der Waals surface area contributed by atoms with Crippen LogP contribution in [0.3, 0.4) is 0 Å². The molecule has 0 spiro atoms. The van der Waals surface area contributed by atoms with Crippen molar-refractivity contribution in [1.82, 2.24) is 14.9 Å². The van der Waals surface area contributed by atoms with Gasteiger partial charge in [-0.15, -0.1) is 0 Å². The molecule has 1 saturated heterocycles. The Kier molecular flexibility index (Phi) is 5.62. The number of hydrogen-bond donors (Lipinski definition) is 1. The van der Waals surface area contributed by atoms with Crippen LogP contribution < -0.4 is 19.7 Å². The number of benzene rings is 2.